The van der Waals surface area contributed by atoms with E-state index in [1.54, 1.807) is 50.2 Å². The first kappa shape index (κ1) is 19.8. The fraction of sp³-hybridized carbons (Fsp3) is 0.158. The largest absolute Gasteiger partial charge is 0.503 e. The summed E-state index contributed by atoms with van der Waals surface area (Å²) in [5, 5.41) is 12.9. The maximum Gasteiger partial charge on any atom is 0.292 e. The van der Waals surface area contributed by atoms with Crippen LogP contribution >= 0.6 is 23.2 Å². The molecule has 2 aromatic rings. The molecule has 0 aliphatic heterocycles. The van der Waals surface area contributed by atoms with E-state index in [0.717, 1.165) is 0 Å². The number of para-hydroxylation sites is 1. The first-order valence-electron chi connectivity index (χ1n) is 7.79. The number of benzene rings is 2. The lowest BCUT2D eigenvalue weighted by Crippen LogP contribution is -2.39. The smallest absolute Gasteiger partial charge is 0.292 e. The van der Waals surface area contributed by atoms with Crippen molar-refractivity contribution in [1.29, 1.82) is 0 Å². The van der Waals surface area contributed by atoms with E-state index in [1.165, 1.54) is 11.0 Å². The zero-order valence-electron chi connectivity index (χ0n) is 14.3. The number of anilines is 2. The first-order valence-corrected chi connectivity index (χ1v) is 8.54. The molecule has 0 heterocycles. The summed E-state index contributed by atoms with van der Waals surface area (Å²) in [7, 11) is 0. The monoisotopic (exact) mass is 392 g/mol. The second-order valence-corrected chi connectivity index (χ2v) is 6.63. The number of nitrogens with one attached hydrogen (secondary N) is 1. The molecule has 0 atom stereocenters. The predicted octanol–water partition coefficient (Wildman–Crippen LogP) is 5.06. The van der Waals surface area contributed by atoms with Gasteiger partial charge in [-0.25, -0.2) is 0 Å². The van der Waals surface area contributed by atoms with Crippen LogP contribution in [0.1, 0.15) is 24.2 Å². The third-order valence-electron chi connectivity index (χ3n) is 3.57. The van der Waals surface area contributed by atoms with E-state index in [9.17, 15) is 14.7 Å². The van der Waals surface area contributed by atoms with Crippen LogP contribution in [0.3, 0.4) is 0 Å². The van der Waals surface area contributed by atoms with Gasteiger partial charge in [0.05, 0.1) is 21.3 Å². The molecule has 0 aliphatic carbocycles. The van der Waals surface area contributed by atoms with Crippen molar-refractivity contribution >= 4 is 46.4 Å². The van der Waals surface area contributed by atoms with Crippen molar-refractivity contribution < 1.29 is 14.7 Å². The van der Waals surface area contributed by atoms with Gasteiger partial charge in [0, 0.05) is 11.7 Å². The van der Waals surface area contributed by atoms with Gasteiger partial charge in [-0.05, 0) is 44.2 Å². The molecule has 0 fully saturated rings. The van der Waals surface area contributed by atoms with Crippen molar-refractivity contribution in [2.75, 3.05) is 10.2 Å². The number of hydrogen-bond acceptors (Lipinski definition) is 3. The molecule has 0 saturated carbocycles. The van der Waals surface area contributed by atoms with Crippen molar-refractivity contribution in [3.05, 3.63) is 70.4 Å². The summed E-state index contributed by atoms with van der Waals surface area (Å²) in [5.41, 5.74) is 1.09. The van der Waals surface area contributed by atoms with E-state index in [-0.39, 0.29) is 11.6 Å². The third kappa shape index (κ3) is 4.36. The van der Waals surface area contributed by atoms with Crippen molar-refractivity contribution in [2.45, 2.75) is 19.9 Å². The van der Waals surface area contributed by atoms with Gasteiger partial charge in [0.15, 0.2) is 5.76 Å². The number of aliphatic hydroxyl groups excluding tert-OH is 1. The van der Waals surface area contributed by atoms with Crippen LogP contribution in [0.4, 0.5) is 11.4 Å². The Morgan fingerprint density at radius 2 is 1.77 bits per heavy atom. The first-order chi connectivity index (χ1) is 12.2. The van der Waals surface area contributed by atoms with Crippen LogP contribution in [-0.4, -0.2) is 23.0 Å². The molecule has 0 aromatic heterocycles. The Balaban J connectivity index is 2.40. The molecule has 2 amide bonds. The summed E-state index contributed by atoms with van der Waals surface area (Å²) in [6, 6.07) is 11.0. The Labute approximate surface area is 161 Å². The number of hydrogen-bond donors (Lipinski definition) is 2. The van der Waals surface area contributed by atoms with Gasteiger partial charge in [0.25, 0.3) is 11.8 Å². The van der Waals surface area contributed by atoms with E-state index in [0.29, 0.717) is 21.4 Å². The second-order valence-electron chi connectivity index (χ2n) is 5.82. The highest BCUT2D eigenvalue weighted by atomic mass is 35.5. The summed E-state index contributed by atoms with van der Waals surface area (Å²) >= 11 is 11.8. The van der Waals surface area contributed by atoms with Crippen LogP contribution in [0.15, 0.2) is 54.8 Å². The Morgan fingerprint density at radius 1 is 1.12 bits per heavy atom. The number of carbonyl (C=O) groups is 2. The fourth-order valence-electron chi connectivity index (χ4n) is 2.41. The molecule has 0 radical (unpaired) electrons. The Bertz CT molecular complexity index is 866. The highest BCUT2D eigenvalue weighted by molar-refractivity contribution is 6.42. The molecule has 0 saturated heterocycles. The molecule has 5 nitrogen and oxygen atoms in total. The third-order valence-corrected chi connectivity index (χ3v) is 4.31. The zero-order valence-corrected chi connectivity index (χ0v) is 15.8. The fourth-order valence-corrected chi connectivity index (χ4v) is 2.71. The van der Waals surface area contributed by atoms with Gasteiger partial charge in [-0.1, -0.05) is 41.9 Å². The molecular weight excluding hydrogens is 375 g/mol. The average Bonchev–Trinajstić information content (AvgIpc) is 2.58. The van der Waals surface area contributed by atoms with Crippen LogP contribution in [0, 0.1) is 0 Å². The summed E-state index contributed by atoms with van der Waals surface area (Å²) in [5.74, 6) is -1.70. The van der Waals surface area contributed by atoms with E-state index in [4.69, 9.17) is 23.2 Å². The molecule has 0 spiro atoms. The van der Waals surface area contributed by atoms with Crippen molar-refractivity contribution in [3.63, 3.8) is 0 Å². The predicted molar refractivity (Wildman–Crippen MR) is 105 cm³/mol. The molecule has 136 valence electrons. The summed E-state index contributed by atoms with van der Waals surface area (Å²) < 4.78 is 0. The van der Waals surface area contributed by atoms with Crippen molar-refractivity contribution in [2.24, 2.45) is 0 Å². The topological polar surface area (TPSA) is 69.6 Å². The van der Waals surface area contributed by atoms with Gasteiger partial charge in [0.2, 0.25) is 0 Å². The molecule has 26 heavy (non-hydrogen) atoms. The Hall–Kier alpha value is -2.50. The van der Waals surface area contributed by atoms with Crippen LogP contribution in [0.25, 0.3) is 0 Å². The molecule has 0 unspecified atom stereocenters. The molecule has 2 N–H and O–H groups in total. The molecular formula is C19H18Cl2N2O3. The van der Waals surface area contributed by atoms with Gasteiger partial charge >= 0.3 is 0 Å². The van der Waals surface area contributed by atoms with Crippen molar-refractivity contribution in [3.8, 4) is 0 Å². The van der Waals surface area contributed by atoms with Crippen LogP contribution in [-0.2, 0) is 4.79 Å². The number of aliphatic hydroxyl groups is 1. The molecule has 2 aromatic carbocycles. The minimum atomic E-state index is -0.671. The molecule has 2 rings (SSSR count). The van der Waals surface area contributed by atoms with Gasteiger partial charge in [-0.3, -0.25) is 9.59 Å². The number of carbonyl (C=O) groups excluding carboxylic acids is 2. The molecule has 0 bridgehead atoms. The highest BCUT2D eigenvalue weighted by Gasteiger charge is 2.25. The summed E-state index contributed by atoms with van der Waals surface area (Å²) in [4.78, 5) is 26.4. The lowest BCUT2D eigenvalue weighted by Gasteiger charge is -2.28. The van der Waals surface area contributed by atoms with Gasteiger partial charge in [-0.15, -0.1) is 0 Å². The second kappa shape index (κ2) is 8.25. The van der Waals surface area contributed by atoms with Crippen LogP contribution < -0.4 is 10.2 Å². The Kier molecular flexibility index (Phi) is 6.29. The summed E-state index contributed by atoms with van der Waals surface area (Å²) in [6.07, 6.45) is 0. The van der Waals surface area contributed by atoms with E-state index in [2.05, 4.69) is 11.9 Å². The minimum absolute atomic E-state index is 0.266. The lowest BCUT2D eigenvalue weighted by molar-refractivity contribution is -0.117. The van der Waals surface area contributed by atoms with Crippen molar-refractivity contribution in [1.82, 2.24) is 0 Å². The lowest BCUT2D eigenvalue weighted by atomic mass is 10.1. The van der Waals surface area contributed by atoms with Gasteiger partial charge < -0.3 is 15.3 Å². The maximum atomic E-state index is 12.7. The average molecular weight is 393 g/mol. The zero-order chi connectivity index (χ0) is 19.4. The standard InChI is InChI=1S/C19H18Cl2N2O3/c1-11(2)23(19(26)12(3)24)17-7-5-4-6-14(17)18(25)22-13-8-9-15(20)16(21)10-13/h4-11,24H,3H2,1-2H3,(H,22,25). The van der Waals surface area contributed by atoms with Crippen LogP contribution in [0.5, 0.6) is 0 Å². The normalized spacial score (nSPS) is 10.5. The quantitative estimate of drug-likeness (QED) is 0.551. The van der Waals surface area contributed by atoms with E-state index >= 15 is 0 Å². The number of halogens is 2. The maximum absolute atomic E-state index is 12.7. The molecule has 0 aliphatic rings. The van der Waals surface area contributed by atoms with Gasteiger partial charge in [-0.2, -0.15) is 0 Å². The summed E-state index contributed by atoms with van der Waals surface area (Å²) in [6.45, 7) is 6.83. The number of rotatable bonds is 5. The highest BCUT2D eigenvalue weighted by Crippen LogP contribution is 2.27. The number of amides is 2. The minimum Gasteiger partial charge on any atom is -0.503 e. The number of nitrogens with zero attached hydrogens (tertiary/aromatic N) is 1. The Morgan fingerprint density at radius 3 is 2.35 bits per heavy atom. The van der Waals surface area contributed by atoms with E-state index < -0.39 is 17.6 Å². The molecule has 7 heteroatoms. The van der Waals surface area contributed by atoms with Gasteiger partial charge in [0.1, 0.15) is 0 Å². The van der Waals surface area contributed by atoms with Crippen LogP contribution in [0.2, 0.25) is 10.0 Å². The SMILES string of the molecule is C=C(O)C(=O)N(c1ccccc1C(=O)Nc1ccc(Cl)c(Cl)c1)C(C)C. The van der Waals surface area contributed by atoms with E-state index in [1.807, 2.05) is 0 Å².